The van der Waals surface area contributed by atoms with Gasteiger partial charge in [0.1, 0.15) is 37.4 Å². The molecule has 0 atom stereocenters. The van der Waals surface area contributed by atoms with Gasteiger partial charge >= 0.3 is 59.1 Å². The van der Waals surface area contributed by atoms with E-state index < -0.39 is 41.5 Å². The van der Waals surface area contributed by atoms with Crippen molar-refractivity contribution in [3.05, 3.63) is 108 Å². The molecule has 0 aromatic heterocycles. The van der Waals surface area contributed by atoms with Crippen LogP contribution in [0.3, 0.4) is 0 Å². The second-order valence-electron chi connectivity index (χ2n) is 10.9. The molecule has 6 rings (SSSR count). The minimum atomic E-state index is -5.21. The monoisotopic (exact) mass is 726 g/mol. The summed E-state index contributed by atoms with van der Waals surface area (Å²) in [5.74, 6) is -0.704. The Balaban J connectivity index is 0.00000281. The quantitative estimate of drug-likeness (QED) is 0.142. The third-order valence-electron chi connectivity index (χ3n) is 7.70. The number of hydrogen-bond donors (Lipinski definition) is 2. The Bertz CT molecular complexity index is 2580. The zero-order valence-corrected chi connectivity index (χ0v) is 32.8. The molecule has 12 nitrogen and oxygen atoms in total. The van der Waals surface area contributed by atoms with Gasteiger partial charge in [-0.1, -0.05) is 42.5 Å². The van der Waals surface area contributed by atoms with E-state index in [0.717, 1.165) is 57.3 Å². The molecule has 0 saturated heterocycles. The van der Waals surface area contributed by atoms with Crippen LogP contribution >= 0.6 is 0 Å². The molecule has 0 heterocycles. The summed E-state index contributed by atoms with van der Waals surface area (Å²) in [5, 5.41) is 39.3. The number of phenols is 2. The van der Waals surface area contributed by atoms with Gasteiger partial charge in [0.05, 0.1) is 21.2 Å². The van der Waals surface area contributed by atoms with Crippen LogP contribution in [0.2, 0.25) is 0 Å². The molecule has 0 fully saturated rings. The summed E-state index contributed by atoms with van der Waals surface area (Å²) in [6.07, 6.45) is 0. The Morgan fingerprint density at radius 3 is 1.70 bits per heavy atom. The second kappa shape index (κ2) is 15.4. The normalized spacial score (nSPS) is 12.0. The van der Waals surface area contributed by atoms with E-state index in [2.05, 4.69) is 20.5 Å². The van der Waals surface area contributed by atoms with Gasteiger partial charge < -0.3 is 19.3 Å². The van der Waals surface area contributed by atoms with Crippen molar-refractivity contribution in [2.75, 3.05) is 0 Å². The van der Waals surface area contributed by atoms with Crippen LogP contribution in [0.25, 0.3) is 32.7 Å². The first-order valence-electron chi connectivity index (χ1n) is 14.2. The van der Waals surface area contributed by atoms with E-state index in [0.29, 0.717) is 11.4 Å². The van der Waals surface area contributed by atoms with Crippen LogP contribution in [0, 0.1) is 13.8 Å². The Morgan fingerprint density at radius 2 is 1.14 bits per heavy atom. The van der Waals surface area contributed by atoms with Gasteiger partial charge in [0.2, 0.25) is 0 Å². The van der Waals surface area contributed by atoms with E-state index in [4.69, 9.17) is 0 Å². The first kappa shape index (κ1) is 39.2. The maximum absolute atomic E-state index is 12.1. The van der Waals surface area contributed by atoms with Crippen LogP contribution in [-0.4, -0.2) is 36.2 Å². The van der Waals surface area contributed by atoms with Crippen molar-refractivity contribution in [2.45, 2.75) is 23.6 Å². The Hall–Kier alpha value is -3.54. The number of fused-ring (bicyclic) bond motifs is 2. The van der Waals surface area contributed by atoms with Crippen LogP contribution in [0.1, 0.15) is 11.1 Å². The molecular weight excluding hydrogens is 703 g/mol. The van der Waals surface area contributed by atoms with Crippen LogP contribution < -0.4 is 59.1 Å². The van der Waals surface area contributed by atoms with E-state index in [1.807, 2.05) is 56.3 Å². The predicted octanol–water partition coefficient (Wildman–Crippen LogP) is 2.34. The average Bonchev–Trinajstić information content (AvgIpc) is 3.03. The first-order valence-corrected chi connectivity index (χ1v) is 17.0. The molecule has 2 N–H and O–H groups in total. The molecule has 0 unspecified atom stereocenters. The maximum Gasteiger partial charge on any atom is 1.00 e. The Morgan fingerprint density at radius 1 is 0.560 bits per heavy atom. The van der Waals surface area contributed by atoms with Gasteiger partial charge in [-0.2, -0.15) is 10.2 Å². The average molecular weight is 727 g/mol. The summed E-state index contributed by atoms with van der Waals surface area (Å²) in [6.45, 7) is 3.76. The molecule has 0 aliphatic rings. The molecule has 0 spiro atoms. The Labute approximate surface area is 331 Å². The van der Waals surface area contributed by atoms with Gasteiger partial charge in [0, 0.05) is 10.8 Å². The number of benzene rings is 6. The summed E-state index contributed by atoms with van der Waals surface area (Å²) in [4.78, 5) is -1.60. The summed E-state index contributed by atoms with van der Waals surface area (Å²) in [7, 11) is -10.1. The van der Waals surface area contributed by atoms with E-state index in [9.17, 15) is 36.2 Å². The molecule has 6 aromatic carbocycles. The fourth-order valence-corrected chi connectivity index (χ4v) is 6.51. The molecule has 0 aliphatic heterocycles. The molecule has 50 heavy (non-hydrogen) atoms. The standard InChI is InChI=1S/C34H26N4O8S2.2Na/c1-19-15-23(35-37-32-28-6-4-3-5-21(28)7-14-30(32)39)8-11-26(19)27-12-9-24(16-20(27)2)36-38-33-31(48(44,45)46)18-22-17-25(47(41,42)43)10-13-29(22)34(33)40;;/h3-18,39-40H,1-2H3,(H,41,42,43)(H,44,45,46);;/q;2*+1/p-2. The third kappa shape index (κ3) is 8.16. The molecule has 16 heteroatoms. The number of azo groups is 2. The SMILES string of the molecule is Cc1cc(N=Nc2c(S(=O)(=O)[O-])cc3cc(S(=O)(=O)[O-])ccc3c2O)ccc1-c1ccc(N=Nc2c(O)ccc3ccccc23)cc1C.[Na+].[Na+]. The van der Waals surface area contributed by atoms with Crippen molar-refractivity contribution in [3.8, 4) is 22.6 Å². The number of hydrogen-bond acceptors (Lipinski definition) is 12. The Kier molecular flexibility index (Phi) is 12.1. The molecule has 6 aromatic rings. The van der Waals surface area contributed by atoms with Gasteiger partial charge in [-0.3, -0.25) is 0 Å². The fourth-order valence-electron chi connectivity index (χ4n) is 5.36. The third-order valence-corrected chi connectivity index (χ3v) is 9.38. The summed E-state index contributed by atoms with van der Waals surface area (Å²) in [6, 6.07) is 25.3. The van der Waals surface area contributed by atoms with Gasteiger partial charge in [-0.15, -0.1) is 10.2 Å². The largest absolute Gasteiger partial charge is 1.00 e. The minimum absolute atomic E-state index is 0. The van der Waals surface area contributed by atoms with Crippen molar-refractivity contribution in [1.82, 2.24) is 0 Å². The van der Waals surface area contributed by atoms with Crippen molar-refractivity contribution in [3.63, 3.8) is 0 Å². The van der Waals surface area contributed by atoms with E-state index in [-0.39, 0.29) is 81.3 Å². The summed E-state index contributed by atoms with van der Waals surface area (Å²) >= 11 is 0. The maximum atomic E-state index is 12.1. The molecule has 0 aliphatic carbocycles. The number of phenolic OH excluding ortho intramolecular Hbond substituents is 2. The number of aromatic hydroxyl groups is 2. The van der Waals surface area contributed by atoms with Crippen LogP contribution in [0.15, 0.2) is 127 Å². The number of aryl methyl sites for hydroxylation is 2. The predicted molar refractivity (Wildman–Crippen MR) is 177 cm³/mol. The topological polar surface area (TPSA) is 204 Å². The van der Waals surface area contributed by atoms with Crippen molar-refractivity contribution in [1.29, 1.82) is 0 Å². The first-order chi connectivity index (χ1) is 22.7. The van der Waals surface area contributed by atoms with Crippen LogP contribution in [0.4, 0.5) is 22.7 Å². The van der Waals surface area contributed by atoms with Gasteiger partial charge in [-0.05, 0) is 101 Å². The second-order valence-corrected chi connectivity index (χ2v) is 13.6. The molecule has 0 bridgehead atoms. The molecule has 0 amide bonds. The zero-order valence-electron chi connectivity index (χ0n) is 27.2. The van der Waals surface area contributed by atoms with Crippen molar-refractivity contribution < 1.29 is 95.3 Å². The van der Waals surface area contributed by atoms with E-state index >= 15 is 0 Å². The smallest absolute Gasteiger partial charge is 0.744 e. The van der Waals surface area contributed by atoms with Crippen LogP contribution in [0.5, 0.6) is 11.5 Å². The van der Waals surface area contributed by atoms with Crippen molar-refractivity contribution >= 4 is 64.5 Å². The molecule has 242 valence electrons. The molecular formula is C34H24N4Na2O8S2. The van der Waals surface area contributed by atoms with E-state index in [1.54, 1.807) is 30.3 Å². The zero-order chi connectivity index (χ0) is 34.4. The van der Waals surface area contributed by atoms with Gasteiger partial charge in [0.15, 0.2) is 5.75 Å². The van der Waals surface area contributed by atoms with Crippen LogP contribution in [-0.2, 0) is 20.2 Å². The number of rotatable bonds is 7. The molecule has 0 saturated carbocycles. The van der Waals surface area contributed by atoms with Gasteiger partial charge in [0.25, 0.3) is 0 Å². The van der Waals surface area contributed by atoms with Gasteiger partial charge in [-0.25, -0.2) is 16.8 Å². The van der Waals surface area contributed by atoms with E-state index in [1.165, 1.54) is 0 Å². The molecule has 0 radical (unpaired) electrons. The summed E-state index contributed by atoms with van der Waals surface area (Å²) < 4.78 is 70.4. The van der Waals surface area contributed by atoms with Crippen molar-refractivity contribution in [2.24, 2.45) is 20.5 Å². The fraction of sp³-hybridized carbons (Fsp3) is 0.0588. The summed E-state index contributed by atoms with van der Waals surface area (Å²) in [5.41, 5.74) is 4.05. The number of nitrogens with zero attached hydrogens (tertiary/aromatic N) is 4. The minimum Gasteiger partial charge on any atom is -0.744 e.